The van der Waals surface area contributed by atoms with Crippen LogP contribution in [0.15, 0.2) is 42.0 Å². The third kappa shape index (κ3) is 5.17. The molecule has 4 aliphatic carbocycles. The third-order valence-corrected chi connectivity index (χ3v) is 10.6. The van der Waals surface area contributed by atoms with Gasteiger partial charge in [0.2, 0.25) is 5.91 Å². The van der Waals surface area contributed by atoms with Gasteiger partial charge in [-0.05, 0) is 79.8 Å². The van der Waals surface area contributed by atoms with Crippen LogP contribution < -0.4 is 5.32 Å². The van der Waals surface area contributed by atoms with Gasteiger partial charge in [0, 0.05) is 18.3 Å². The Kier molecular flexibility index (Phi) is 7.71. The second-order valence-corrected chi connectivity index (χ2v) is 12.5. The molecule has 1 aromatic rings. The van der Waals surface area contributed by atoms with Gasteiger partial charge in [0.05, 0.1) is 13.5 Å². The van der Waals surface area contributed by atoms with Crippen LogP contribution >= 0.6 is 0 Å². The van der Waals surface area contributed by atoms with Crippen LogP contribution in [0.3, 0.4) is 0 Å². The van der Waals surface area contributed by atoms with Crippen LogP contribution in [-0.4, -0.2) is 36.8 Å². The third-order valence-electron chi connectivity index (χ3n) is 10.6. The molecule has 0 radical (unpaired) electrons. The van der Waals surface area contributed by atoms with Crippen molar-refractivity contribution in [2.45, 2.75) is 90.2 Å². The number of nitrogens with one attached hydrogen (secondary N) is 1. The van der Waals surface area contributed by atoms with E-state index in [4.69, 9.17) is 9.47 Å². The van der Waals surface area contributed by atoms with Crippen LogP contribution in [-0.2, 0) is 28.7 Å². The van der Waals surface area contributed by atoms with Crippen molar-refractivity contribution >= 4 is 23.6 Å². The lowest BCUT2D eigenvalue weighted by Crippen LogP contribution is -2.51. The Morgan fingerprint density at radius 2 is 1.74 bits per heavy atom. The number of hydrogen-bond donors (Lipinski definition) is 1. The second-order valence-electron chi connectivity index (χ2n) is 12.5. The molecule has 7 heteroatoms. The number of rotatable bonds is 7. The Hall–Kier alpha value is -2.96. The van der Waals surface area contributed by atoms with Crippen LogP contribution in [0.4, 0.5) is 0 Å². The monoisotopic (exact) mass is 535 g/mol. The topological polar surface area (TPSA) is 98.8 Å². The molecule has 210 valence electrons. The quantitative estimate of drug-likeness (QED) is 0.480. The fourth-order valence-corrected chi connectivity index (χ4v) is 8.41. The number of amides is 1. The summed E-state index contributed by atoms with van der Waals surface area (Å²) in [7, 11) is 1.28. The van der Waals surface area contributed by atoms with Crippen LogP contribution in [0.5, 0.6) is 0 Å². The van der Waals surface area contributed by atoms with Gasteiger partial charge >= 0.3 is 11.9 Å². The van der Waals surface area contributed by atoms with E-state index in [1.807, 2.05) is 12.1 Å². The summed E-state index contributed by atoms with van der Waals surface area (Å²) < 4.78 is 10.9. The Morgan fingerprint density at radius 1 is 0.974 bits per heavy atom. The Morgan fingerprint density at radius 3 is 2.49 bits per heavy atom. The lowest BCUT2D eigenvalue weighted by atomic mass is 9.47. The molecule has 0 bridgehead atoms. The first-order valence-corrected chi connectivity index (χ1v) is 14.5. The van der Waals surface area contributed by atoms with Crippen molar-refractivity contribution in [3.63, 3.8) is 0 Å². The van der Waals surface area contributed by atoms with Crippen LogP contribution in [0.1, 0.15) is 89.7 Å². The molecule has 7 nitrogen and oxygen atoms in total. The summed E-state index contributed by atoms with van der Waals surface area (Å²) in [5.41, 5.74) is 2.07. The average Bonchev–Trinajstić information content (AvgIpc) is 3.26. The van der Waals surface area contributed by atoms with Crippen molar-refractivity contribution in [3.05, 3.63) is 47.5 Å². The summed E-state index contributed by atoms with van der Waals surface area (Å²) in [6.07, 6.45) is 9.50. The molecule has 0 saturated heterocycles. The molecule has 0 aliphatic heterocycles. The number of ether oxygens (including phenoxy) is 2. The molecule has 0 spiro atoms. The summed E-state index contributed by atoms with van der Waals surface area (Å²) in [6, 6.07) is 7.99. The molecular formula is C32H41NO6. The second kappa shape index (κ2) is 10.9. The van der Waals surface area contributed by atoms with Crippen LogP contribution in [0, 0.1) is 28.6 Å². The predicted octanol–water partition coefficient (Wildman–Crippen LogP) is 5.24. The van der Waals surface area contributed by atoms with Crippen molar-refractivity contribution in [3.8, 4) is 0 Å². The molecule has 4 aliphatic rings. The van der Waals surface area contributed by atoms with Gasteiger partial charge in [0.15, 0.2) is 11.8 Å². The number of allylic oxidation sites excluding steroid dienone is 1. The van der Waals surface area contributed by atoms with E-state index >= 15 is 0 Å². The molecule has 1 aromatic carbocycles. The van der Waals surface area contributed by atoms with Crippen molar-refractivity contribution in [2.75, 3.05) is 7.11 Å². The Labute approximate surface area is 231 Å². The lowest BCUT2D eigenvalue weighted by molar-refractivity contribution is -0.160. The fourth-order valence-electron chi connectivity index (χ4n) is 8.41. The minimum absolute atomic E-state index is 0.0297. The van der Waals surface area contributed by atoms with Gasteiger partial charge in [0.1, 0.15) is 6.10 Å². The predicted molar refractivity (Wildman–Crippen MR) is 145 cm³/mol. The number of carbonyl (C=O) groups is 4. The van der Waals surface area contributed by atoms with Gasteiger partial charge in [-0.3, -0.25) is 14.4 Å². The number of methoxy groups -OCH3 is 1. The zero-order valence-electron chi connectivity index (χ0n) is 23.4. The van der Waals surface area contributed by atoms with Crippen LogP contribution in [0.2, 0.25) is 0 Å². The highest BCUT2D eigenvalue weighted by Crippen LogP contribution is 2.65. The smallest absolute Gasteiger partial charge is 0.333 e. The van der Waals surface area contributed by atoms with E-state index in [1.165, 1.54) is 12.7 Å². The van der Waals surface area contributed by atoms with Crippen molar-refractivity contribution in [1.29, 1.82) is 0 Å². The standard InChI is InChI=1S/C32H41NO6/c1-31-17-15-22(34)19-21(31)9-10-23-24-11-12-26(32(24,2)18-16-25(23)31)39-28(36)14-13-27(35)33-29(30(37)38-3)20-7-5-4-6-8-20/h4-8,19,23-26,29H,9-18H2,1-3H3,(H,33,35)/t23-,24-,25-,26-,29-,31-,32-/m0/s1. The summed E-state index contributed by atoms with van der Waals surface area (Å²) in [6.45, 7) is 4.68. The number of fused-ring (bicyclic) bond motifs is 5. The van der Waals surface area contributed by atoms with E-state index < -0.39 is 17.9 Å². The van der Waals surface area contributed by atoms with Crippen LogP contribution in [0.25, 0.3) is 0 Å². The minimum Gasteiger partial charge on any atom is -0.467 e. The van der Waals surface area contributed by atoms with Crippen molar-refractivity contribution < 1.29 is 28.7 Å². The van der Waals surface area contributed by atoms with Gasteiger partial charge < -0.3 is 14.8 Å². The van der Waals surface area contributed by atoms with E-state index in [9.17, 15) is 19.2 Å². The van der Waals surface area contributed by atoms with E-state index in [0.29, 0.717) is 29.7 Å². The summed E-state index contributed by atoms with van der Waals surface area (Å²) in [5.74, 6) is 0.671. The number of ketones is 1. The maximum Gasteiger partial charge on any atom is 0.333 e. The molecule has 0 unspecified atom stereocenters. The molecule has 0 heterocycles. The molecule has 39 heavy (non-hydrogen) atoms. The molecular weight excluding hydrogens is 494 g/mol. The number of hydrogen-bond acceptors (Lipinski definition) is 6. The normalized spacial score (nSPS) is 34.0. The number of carbonyl (C=O) groups excluding carboxylic acids is 4. The summed E-state index contributed by atoms with van der Waals surface area (Å²) >= 11 is 0. The minimum atomic E-state index is -0.917. The largest absolute Gasteiger partial charge is 0.467 e. The summed E-state index contributed by atoms with van der Waals surface area (Å²) in [4.78, 5) is 49.9. The van der Waals surface area contributed by atoms with Gasteiger partial charge in [-0.1, -0.05) is 49.8 Å². The zero-order chi connectivity index (χ0) is 27.8. The highest BCUT2D eigenvalue weighted by atomic mass is 16.5. The SMILES string of the molecule is COC(=O)[C@@H](NC(=O)CCC(=O)O[C@H]1CC[C@H]2[C@@H]3CCC4=CC(=O)CC[C@]4(C)[C@H]3CC[C@]12C)c1ccccc1. The Bertz CT molecular complexity index is 1160. The number of benzene rings is 1. The maximum absolute atomic E-state index is 12.9. The lowest BCUT2D eigenvalue weighted by Gasteiger charge is -2.57. The molecule has 3 saturated carbocycles. The molecule has 1 N–H and O–H groups in total. The van der Waals surface area contributed by atoms with Crippen molar-refractivity contribution in [2.24, 2.45) is 28.6 Å². The maximum atomic E-state index is 12.9. The fraction of sp³-hybridized carbons (Fsp3) is 0.625. The number of esters is 2. The summed E-state index contributed by atoms with van der Waals surface area (Å²) in [5, 5.41) is 2.70. The molecule has 0 aromatic heterocycles. The van der Waals surface area contributed by atoms with Gasteiger partial charge in [-0.25, -0.2) is 4.79 Å². The highest BCUT2D eigenvalue weighted by Gasteiger charge is 2.60. The first-order valence-electron chi connectivity index (χ1n) is 14.5. The molecule has 7 atom stereocenters. The molecule has 1 amide bonds. The van der Waals surface area contributed by atoms with Crippen molar-refractivity contribution in [1.82, 2.24) is 5.32 Å². The van der Waals surface area contributed by atoms with Gasteiger partial charge in [0.25, 0.3) is 0 Å². The first-order chi connectivity index (χ1) is 18.7. The van der Waals surface area contributed by atoms with Gasteiger partial charge in [-0.2, -0.15) is 0 Å². The average molecular weight is 536 g/mol. The molecule has 5 rings (SSSR count). The van der Waals surface area contributed by atoms with E-state index in [1.54, 1.807) is 24.3 Å². The van der Waals surface area contributed by atoms with E-state index in [-0.39, 0.29) is 41.5 Å². The molecule has 3 fully saturated rings. The highest BCUT2D eigenvalue weighted by molar-refractivity contribution is 5.91. The first kappa shape index (κ1) is 27.6. The van der Waals surface area contributed by atoms with E-state index in [2.05, 4.69) is 19.2 Å². The zero-order valence-corrected chi connectivity index (χ0v) is 23.4. The Balaban J connectivity index is 1.17. The van der Waals surface area contributed by atoms with E-state index in [0.717, 1.165) is 44.9 Å². The van der Waals surface area contributed by atoms with Gasteiger partial charge in [-0.15, -0.1) is 0 Å².